The molecule has 0 aromatic heterocycles. The Morgan fingerprint density at radius 1 is 1.33 bits per heavy atom. The van der Waals surface area contributed by atoms with E-state index in [4.69, 9.17) is 9.47 Å². The summed E-state index contributed by atoms with van der Waals surface area (Å²) >= 11 is 1.39. The van der Waals surface area contributed by atoms with E-state index < -0.39 is 11.8 Å². The quantitative estimate of drug-likeness (QED) is 0.355. The first-order valence-electron chi connectivity index (χ1n) is 5.49. The third-order valence-electron chi connectivity index (χ3n) is 2.43. The van der Waals surface area contributed by atoms with E-state index in [1.807, 2.05) is 19.2 Å². The van der Waals surface area contributed by atoms with Gasteiger partial charge in [-0.15, -0.1) is 11.8 Å². The number of methoxy groups -OCH3 is 1. The van der Waals surface area contributed by atoms with E-state index in [0.717, 1.165) is 5.56 Å². The van der Waals surface area contributed by atoms with Crippen molar-refractivity contribution in [3.8, 4) is 5.75 Å². The Balaban J connectivity index is 3.32. The number of carbonyl (C=O) groups excluding carboxylic acids is 2. The summed E-state index contributed by atoms with van der Waals surface area (Å²) < 4.78 is 9.97. The number of esters is 1. The molecule has 0 amide bonds. The lowest BCUT2D eigenvalue weighted by Crippen LogP contribution is -2.19. The zero-order chi connectivity index (χ0) is 13.7. The topological polar surface area (TPSA) is 52.6 Å². The van der Waals surface area contributed by atoms with Crippen LogP contribution in [0.25, 0.3) is 0 Å². The molecule has 0 unspecified atom stereocenters. The molecule has 4 nitrogen and oxygen atoms in total. The molecule has 0 saturated heterocycles. The highest BCUT2D eigenvalue weighted by molar-refractivity contribution is 7.98. The maximum absolute atomic E-state index is 12.1. The zero-order valence-corrected chi connectivity index (χ0v) is 11.7. The van der Waals surface area contributed by atoms with Crippen molar-refractivity contribution in [3.05, 3.63) is 23.3 Å². The van der Waals surface area contributed by atoms with Crippen molar-refractivity contribution in [2.75, 3.05) is 20.0 Å². The maximum atomic E-state index is 12.1. The predicted molar refractivity (Wildman–Crippen MR) is 70.5 cm³/mol. The molecular formula is C13H16O4S. The van der Waals surface area contributed by atoms with E-state index in [1.54, 1.807) is 13.0 Å². The molecule has 0 bridgehead atoms. The van der Waals surface area contributed by atoms with Crippen molar-refractivity contribution in [3.63, 3.8) is 0 Å². The van der Waals surface area contributed by atoms with Gasteiger partial charge in [-0.1, -0.05) is 6.07 Å². The number of carbonyl (C=O) groups is 2. The Hall–Kier alpha value is -1.49. The molecule has 0 N–H and O–H groups in total. The lowest BCUT2D eigenvalue weighted by Gasteiger charge is -2.13. The average Bonchev–Trinajstić information content (AvgIpc) is 2.37. The number of aryl methyl sites for hydroxylation is 1. The van der Waals surface area contributed by atoms with E-state index in [2.05, 4.69) is 0 Å². The van der Waals surface area contributed by atoms with Crippen LogP contribution in [0.3, 0.4) is 0 Å². The molecule has 1 aromatic carbocycles. The van der Waals surface area contributed by atoms with Gasteiger partial charge in [0.25, 0.3) is 5.78 Å². The van der Waals surface area contributed by atoms with Crippen molar-refractivity contribution in [2.45, 2.75) is 18.7 Å². The average molecular weight is 268 g/mol. The van der Waals surface area contributed by atoms with Gasteiger partial charge in [0.1, 0.15) is 5.75 Å². The van der Waals surface area contributed by atoms with Crippen LogP contribution in [0.5, 0.6) is 5.75 Å². The third-order valence-corrected chi connectivity index (χ3v) is 3.21. The summed E-state index contributed by atoms with van der Waals surface area (Å²) in [6, 6.07) is 3.65. The standard InChI is InChI=1S/C13H16O4S/c1-5-17-13(15)11(14)10-9(18-4)7-6-8(2)12(10)16-3/h6-7H,5H2,1-4H3. The monoisotopic (exact) mass is 268 g/mol. The molecule has 0 radical (unpaired) electrons. The maximum Gasteiger partial charge on any atom is 0.379 e. The molecule has 0 aliphatic rings. The molecule has 0 aliphatic carbocycles. The minimum absolute atomic E-state index is 0.174. The molecule has 0 heterocycles. The summed E-state index contributed by atoms with van der Waals surface area (Å²) in [5, 5.41) is 0. The van der Waals surface area contributed by atoms with Gasteiger partial charge in [0.2, 0.25) is 0 Å². The first kappa shape index (κ1) is 14.6. The van der Waals surface area contributed by atoms with Crippen molar-refractivity contribution >= 4 is 23.5 Å². The fraction of sp³-hybridized carbons (Fsp3) is 0.385. The van der Waals surface area contributed by atoms with Crippen molar-refractivity contribution in [2.24, 2.45) is 0 Å². The Bertz CT molecular complexity index is 468. The lowest BCUT2D eigenvalue weighted by molar-refractivity contribution is -0.137. The number of Topliss-reactive ketones (excluding diaryl/α,β-unsaturated/α-hetero) is 1. The van der Waals surface area contributed by atoms with Gasteiger partial charge in [-0.25, -0.2) is 4.79 Å². The molecule has 0 fully saturated rings. The van der Waals surface area contributed by atoms with E-state index in [0.29, 0.717) is 10.6 Å². The summed E-state index contributed by atoms with van der Waals surface area (Å²) in [4.78, 5) is 24.3. The molecule has 0 atom stereocenters. The molecule has 5 heteroatoms. The van der Waals surface area contributed by atoms with Gasteiger partial charge in [-0.2, -0.15) is 0 Å². The summed E-state index contributed by atoms with van der Waals surface area (Å²) in [5.74, 6) is -1.08. The molecule has 1 rings (SSSR count). The number of rotatable bonds is 5. The number of ketones is 1. The first-order valence-corrected chi connectivity index (χ1v) is 6.72. The Labute approximate surface area is 111 Å². The van der Waals surface area contributed by atoms with Gasteiger partial charge in [0, 0.05) is 4.90 Å². The molecule has 0 spiro atoms. The fourth-order valence-corrected chi connectivity index (χ4v) is 2.21. The Morgan fingerprint density at radius 2 is 2.00 bits per heavy atom. The molecule has 1 aromatic rings. The van der Waals surface area contributed by atoms with Gasteiger partial charge < -0.3 is 9.47 Å². The summed E-state index contributed by atoms with van der Waals surface area (Å²) in [6.07, 6.45) is 1.84. The second-order valence-corrected chi connectivity index (χ2v) is 4.39. The fourth-order valence-electron chi connectivity index (χ4n) is 1.62. The van der Waals surface area contributed by atoms with Gasteiger partial charge in [-0.05, 0) is 31.7 Å². The number of hydrogen-bond acceptors (Lipinski definition) is 5. The van der Waals surface area contributed by atoms with Crippen molar-refractivity contribution in [1.82, 2.24) is 0 Å². The summed E-state index contributed by atoms with van der Waals surface area (Å²) in [7, 11) is 1.48. The van der Waals surface area contributed by atoms with Gasteiger partial charge in [0.15, 0.2) is 0 Å². The van der Waals surface area contributed by atoms with Crippen molar-refractivity contribution in [1.29, 1.82) is 0 Å². The number of hydrogen-bond donors (Lipinski definition) is 0. The lowest BCUT2D eigenvalue weighted by atomic mass is 10.1. The second-order valence-electron chi connectivity index (χ2n) is 3.54. The Kier molecular flexibility index (Phi) is 5.22. The highest BCUT2D eigenvalue weighted by Crippen LogP contribution is 2.32. The van der Waals surface area contributed by atoms with E-state index in [1.165, 1.54) is 18.9 Å². The third kappa shape index (κ3) is 2.85. The highest BCUT2D eigenvalue weighted by Gasteiger charge is 2.25. The molecule has 18 heavy (non-hydrogen) atoms. The predicted octanol–water partition coefficient (Wildman–Crippen LogP) is 2.47. The van der Waals surface area contributed by atoms with Crippen LogP contribution in [0.4, 0.5) is 0 Å². The Morgan fingerprint density at radius 3 is 2.50 bits per heavy atom. The van der Waals surface area contributed by atoms with Crippen LogP contribution in [-0.2, 0) is 9.53 Å². The summed E-state index contributed by atoms with van der Waals surface area (Å²) in [5.41, 5.74) is 1.09. The van der Waals surface area contributed by atoms with Gasteiger partial charge in [0.05, 0.1) is 19.3 Å². The van der Waals surface area contributed by atoms with E-state index in [9.17, 15) is 9.59 Å². The number of ether oxygens (including phenoxy) is 2. The molecule has 98 valence electrons. The van der Waals surface area contributed by atoms with E-state index in [-0.39, 0.29) is 12.2 Å². The second kappa shape index (κ2) is 6.44. The minimum atomic E-state index is -0.850. The van der Waals surface area contributed by atoms with Crippen LogP contribution in [0.15, 0.2) is 17.0 Å². The van der Waals surface area contributed by atoms with Crippen molar-refractivity contribution < 1.29 is 19.1 Å². The largest absolute Gasteiger partial charge is 0.496 e. The van der Waals surface area contributed by atoms with Gasteiger partial charge in [-0.3, -0.25) is 4.79 Å². The van der Waals surface area contributed by atoms with E-state index >= 15 is 0 Å². The number of benzene rings is 1. The normalized spacial score (nSPS) is 10.0. The molecule has 0 aliphatic heterocycles. The van der Waals surface area contributed by atoms with Crippen LogP contribution in [-0.4, -0.2) is 31.7 Å². The van der Waals surface area contributed by atoms with Crippen LogP contribution < -0.4 is 4.74 Å². The smallest absolute Gasteiger partial charge is 0.379 e. The number of thioether (sulfide) groups is 1. The van der Waals surface area contributed by atoms with Gasteiger partial charge >= 0.3 is 5.97 Å². The highest BCUT2D eigenvalue weighted by atomic mass is 32.2. The van der Waals surface area contributed by atoms with Crippen LogP contribution >= 0.6 is 11.8 Å². The minimum Gasteiger partial charge on any atom is -0.496 e. The van der Waals surface area contributed by atoms with Crippen LogP contribution in [0, 0.1) is 6.92 Å². The molecule has 0 saturated carbocycles. The van der Waals surface area contributed by atoms with Crippen LogP contribution in [0.1, 0.15) is 22.8 Å². The molecular weight excluding hydrogens is 252 g/mol. The summed E-state index contributed by atoms with van der Waals surface area (Å²) in [6.45, 7) is 3.66. The zero-order valence-electron chi connectivity index (χ0n) is 10.9. The SMILES string of the molecule is CCOC(=O)C(=O)c1c(SC)ccc(C)c1OC. The van der Waals surface area contributed by atoms with Crippen LogP contribution in [0.2, 0.25) is 0 Å². The first-order chi connectivity index (χ1) is 8.56.